The third-order valence-corrected chi connectivity index (χ3v) is 5.00. The summed E-state index contributed by atoms with van der Waals surface area (Å²) < 4.78 is 1.68. The lowest BCUT2D eigenvalue weighted by Gasteiger charge is -2.20. The summed E-state index contributed by atoms with van der Waals surface area (Å²) in [5.74, 6) is 0.726. The second-order valence-corrected chi connectivity index (χ2v) is 7.92. The lowest BCUT2D eigenvalue weighted by molar-refractivity contribution is -0.122. The van der Waals surface area contributed by atoms with Gasteiger partial charge in [-0.2, -0.15) is 0 Å². The SMILES string of the molecule is CCC(C)NC(=O)CC1CSc2nc(C(C)(C)C)cc(=O)n21. The highest BCUT2D eigenvalue weighted by Crippen LogP contribution is 2.33. The topological polar surface area (TPSA) is 64.0 Å². The molecule has 2 unspecified atom stereocenters. The smallest absolute Gasteiger partial charge is 0.254 e. The Balaban J connectivity index is 2.19. The van der Waals surface area contributed by atoms with Crippen molar-refractivity contribution in [3.8, 4) is 0 Å². The predicted octanol–water partition coefficient (Wildman–Crippen LogP) is 2.49. The summed E-state index contributed by atoms with van der Waals surface area (Å²) >= 11 is 1.56. The summed E-state index contributed by atoms with van der Waals surface area (Å²) in [7, 11) is 0. The molecule has 0 fully saturated rings. The second-order valence-electron chi connectivity index (χ2n) is 6.93. The summed E-state index contributed by atoms with van der Waals surface area (Å²) in [4.78, 5) is 29.1. The van der Waals surface area contributed by atoms with Crippen LogP contribution >= 0.6 is 11.8 Å². The van der Waals surface area contributed by atoms with Crippen LogP contribution < -0.4 is 10.9 Å². The number of fused-ring (bicyclic) bond motifs is 1. The Bertz CT molecular complexity index is 619. The van der Waals surface area contributed by atoms with E-state index in [0.29, 0.717) is 6.42 Å². The van der Waals surface area contributed by atoms with Gasteiger partial charge in [0.15, 0.2) is 5.16 Å². The van der Waals surface area contributed by atoms with Crippen molar-refractivity contribution < 1.29 is 4.79 Å². The maximum absolute atomic E-state index is 12.4. The molecule has 0 saturated carbocycles. The number of nitrogens with zero attached hydrogens (tertiary/aromatic N) is 2. The molecule has 1 aliphatic rings. The number of carbonyl (C=O) groups excluding carboxylic acids is 1. The van der Waals surface area contributed by atoms with Crippen molar-refractivity contribution in [2.75, 3.05) is 5.75 Å². The number of nitrogens with one attached hydrogen (secondary N) is 1. The molecule has 1 aromatic rings. The third-order valence-electron chi connectivity index (χ3n) is 3.90. The highest BCUT2D eigenvalue weighted by atomic mass is 32.2. The maximum Gasteiger partial charge on any atom is 0.254 e. The van der Waals surface area contributed by atoms with E-state index in [1.807, 2.05) is 34.6 Å². The van der Waals surface area contributed by atoms with Crippen molar-refractivity contribution in [2.45, 2.75) is 70.1 Å². The van der Waals surface area contributed by atoms with Crippen molar-refractivity contribution in [3.05, 3.63) is 22.1 Å². The van der Waals surface area contributed by atoms with Gasteiger partial charge in [0.2, 0.25) is 5.91 Å². The Morgan fingerprint density at radius 1 is 1.55 bits per heavy atom. The van der Waals surface area contributed by atoms with Gasteiger partial charge in [0, 0.05) is 29.7 Å². The maximum atomic E-state index is 12.4. The molecular weight excluding hydrogens is 298 g/mol. The first-order valence-corrected chi connectivity index (χ1v) is 8.77. The number of aromatic nitrogens is 2. The van der Waals surface area contributed by atoms with Gasteiger partial charge < -0.3 is 5.32 Å². The van der Waals surface area contributed by atoms with E-state index in [4.69, 9.17) is 0 Å². The minimum absolute atomic E-state index is 0.000372. The Kier molecular flexibility index (Phi) is 5.00. The molecule has 2 heterocycles. The van der Waals surface area contributed by atoms with Gasteiger partial charge in [0.05, 0.1) is 11.7 Å². The van der Waals surface area contributed by atoms with Crippen LogP contribution in [0.3, 0.4) is 0 Å². The highest BCUT2D eigenvalue weighted by Gasteiger charge is 2.29. The lowest BCUT2D eigenvalue weighted by atomic mass is 9.92. The molecule has 0 aliphatic carbocycles. The van der Waals surface area contributed by atoms with Crippen LogP contribution in [0.2, 0.25) is 0 Å². The first-order valence-electron chi connectivity index (χ1n) is 7.78. The van der Waals surface area contributed by atoms with Gasteiger partial charge in [-0.15, -0.1) is 0 Å². The molecule has 0 saturated heterocycles. The molecule has 0 radical (unpaired) electrons. The quantitative estimate of drug-likeness (QED) is 0.865. The molecular formula is C16H25N3O2S. The predicted molar refractivity (Wildman–Crippen MR) is 89.5 cm³/mol. The average molecular weight is 323 g/mol. The van der Waals surface area contributed by atoms with E-state index in [-0.39, 0.29) is 29.0 Å². The molecule has 2 atom stereocenters. The summed E-state index contributed by atoms with van der Waals surface area (Å²) in [6.07, 6.45) is 1.24. The van der Waals surface area contributed by atoms with Crippen molar-refractivity contribution in [2.24, 2.45) is 0 Å². The van der Waals surface area contributed by atoms with Gasteiger partial charge in [-0.1, -0.05) is 39.5 Å². The third kappa shape index (κ3) is 3.72. The summed E-state index contributed by atoms with van der Waals surface area (Å²) in [5.41, 5.74) is 0.601. The minimum atomic E-state index is -0.151. The fourth-order valence-electron chi connectivity index (χ4n) is 2.34. The number of hydrogen-bond donors (Lipinski definition) is 1. The van der Waals surface area contributed by atoms with E-state index in [0.717, 1.165) is 23.0 Å². The van der Waals surface area contributed by atoms with E-state index in [1.165, 1.54) is 0 Å². The first-order chi connectivity index (χ1) is 10.2. The van der Waals surface area contributed by atoms with Crippen LogP contribution in [0.4, 0.5) is 0 Å². The molecule has 1 aromatic heterocycles. The Morgan fingerprint density at radius 3 is 2.82 bits per heavy atom. The number of hydrogen-bond acceptors (Lipinski definition) is 4. The number of carbonyl (C=O) groups is 1. The lowest BCUT2D eigenvalue weighted by Crippen LogP contribution is -2.35. The van der Waals surface area contributed by atoms with Crippen LogP contribution in [0.5, 0.6) is 0 Å². The van der Waals surface area contributed by atoms with Gasteiger partial charge in [0.1, 0.15) is 0 Å². The van der Waals surface area contributed by atoms with E-state index < -0.39 is 0 Å². The fraction of sp³-hybridized carbons (Fsp3) is 0.688. The van der Waals surface area contributed by atoms with Crippen LogP contribution in [0.25, 0.3) is 0 Å². The monoisotopic (exact) mass is 323 g/mol. The number of thioether (sulfide) groups is 1. The van der Waals surface area contributed by atoms with Crippen LogP contribution in [-0.2, 0) is 10.2 Å². The minimum Gasteiger partial charge on any atom is -0.354 e. The Labute approximate surface area is 135 Å². The van der Waals surface area contributed by atoms with Crippen LogP contribution in [0.15, 0.2) is 16.0 Å². The van der Waals surface area contributed by atoms with Crippen molar-refractivity contribution in [1.82, 2.24) is 14.9 Å². The largest absolute Gasteiger partial charge is 0.354 e. The first kappa shape index (κ1) is 17.1. The molecule has 22 heavy (non-hydrogen) atoms. The standard InChI is InChI=1S/C16H25N3O2S/c1-6-10(2)17-13(20)7-11-9-22-15-18-12(16(3,4)5)8-14(21)19(11)15/h8,10-11H,6-7,9H2,1-5H3,(H,17,20). The molecule has 6 heteroatoms. The molecule has 0 aromatic carbocycles. The van der Waals surface area contributed by atoms with E-state index in [1.54, 1.807) is 22.4 Å². The van der Waals surface area contributed by atoms with Crippen molar-refractivity contribution >= 4 is 17.7 Å². The fourth-order valence-corrected chi connectivity index (χ4v) is 3.49. The van der Waals surface area contributed by atoms with E-state index in [2.05, 4.69) is 10.3 Å². The molecule has 0 bridgehead atoms. The van der Waals surface area contributed by atoms with Crippen LogP contribution in [0.1, 0.15) is 59.2 Å². The van der Waals surface area contributed by atoms with Crippen LogP contribution in [-0.4, -0.2) is 27.3 Å². The van der Waals surface area contributed by atoms with Gasteiger partial charge in [-0.25, -0.2) is 4.98 Å². The molecule has 1 aliphatic heterocycles. The van der Waals surface area contributed by atoms with Crippen molar-refractivity contribution in [1.29, 1.82) is 0 Å². The highest BCUT2D eigenvalue weighted by molar-refractivity contribution is 7.99. The molecule has 0 spiro atoms. The van der Waals surface area contributed by atoms with Gasteiger partial charge >= 0.3 is 0 Å². The number of amides is 1. The van der Waals surface area contributed by atoms with E-state index >= 15 is 0 Å². The summed E-state index contributed by atoms with van der Waals surface area (Å²) in [6.45, 7) is 10.2. The molecule has 1 N–H and O–H groups in total. The Hall–Kier alpha value is -1.30. The van der Waals surface area contributed by atoms with Gasteiger partial charge in [-0.3, -0.25) is 14.2 Å². The zero-order valence-corrected chi connectivity index (χ0v) is 14.8. The van der Waals surface area contributed by atoms with Crippen LogP contribution in [0, 0.1) is 0 Å². The Morgan fingerprint density at radius 2 is 2.23 bits per heavy atom. The average Bonchev–Trinajstić information content (AvgIpc) is 2.81. The molecule has 5 nitrogen and oxygen atoms in total. The normalized spacial score (nSPS) is 18.9. The summed E-state index contributed by atoms with van der Waals surface area (Å²) in [5, 5.41) is 3.69. The zero-order valence-electron chi connectivity index (χ0n) is 14.0. The van der Waals surface area contributed by atoms with E-state index in [9.17, 15) is 9.59 Å². The summed E-state index contributed by atoms with van der Waals surface area (Å²) in [6, 6.07) is 1.67. The van der Waals surface area contributed by atoms with Gasteiger partial charge in [-0.05, 0) is 13.3 Å². The van der Waals surface area contributed by atoms with Gasteiger partial charge in [0.25, 0.3) is 5.56 Å². The molecule has 2 rings (SSSR count). The molecule has 1 amide bonds. The zero-order chi connectivity index (χ0) is 16.5. The number of rotatable bonds is 4. The molecule has 122 valence electrons. The van der Waals surface area contributed by atoms with Crippen molar-refractivity contribution in [3.63, 3.8) is 0 Å². The second kappa shape index (κ2) is 6.44.